The van der Waals surface area contributed by atoms with Crippen molar-refractivity contribution in [2.45, 2.75) is 12.5 Å². The smallest absolute Gasteiger partial charge is 0.299 e. The number of hydrogen-bond donors (Lipinski definition) is 1. The maximum atomic E-state index is 12.3. The van der Waals surface area contributed by atoms with Gasteiger partial charge in [0.1, 0.15) is 16.9 Å². The number of fused-ring (bicyclic) bond motifs is 1. The molecule has 4 rings (SSSR count). The van der Waals surface area contributed by atoms with Crippen molar-refractivity contribution in [3.63, 3.8) is 0 Å². The quantitative estimate of drug-likeness (QED) is 0.401. The number of allylic oxidation sites excluding steroid dienone is 1. The summed E-state index contributed by atoms with van der Waals surface area (Å²) in [6.07, 6.45) is 1.62. The third-order valence-electron chi connectivity index (χ3n) is 5.26. The topological polar surface area (TPSA) is 112 Å². The molecule has 1 unspecified atom stereocenters. The van der Waals surface area contributed by atoms with Crippen molar-refractivity contribution in [1.29, 1.82) is 5.26 Å². The number of benzene rings is 1. The molecule has 2 aromatic rings. The molecule has 11 heteroatoms. The Balaban J connectivity index is 1.87. The van der Waals surface area contributed by atoms with Gasteiger partial charge >= 0.3 is 0 Å². The van der Waals surface area contributed by atoms with Crippen LogP contribution >= 0.6 is 34.8 Å². The van der Waals surface area contributed by atoms with E-state index in [4.69, 9.17) is 40.5 Å². The van der Waals surface area contributed by atoms with Crippen molar-refractivity contribution in [1.82, 2.24) is 14.8 Å². The van der Waals surface area contributed by atoms with Crippen LogP contribution in [0.25, 0.3) is 0 Å². The molecule has 0 amide bonds. The standard InChI is InChI=1S/C20H15Cl3N6O2/c21-12-2-3-13(15(22)7-12)17-14(8-24)19(25)28-6-5-27(20(28)18(17)29(30)31)10-11-1-4-16(23)26-9-11/h1-4,7,9,17H,5-6,10,25H2. The first-order valence-electron chi connectivity index (χ1n) is 9.18. The maximum absolute atomic E-state index is 12.3. The van der Waals surface area contributed by atoms with Crippen LogP contribution in [0.2, 0.25) is 15.2 Å². The monoisotopic (exact) mass is 476 g/mol. The normalized spacial score (nSPS) is 18.3. The fourth-order valence-electron chi connectivity index (χ4n) is 3.92. The molecule has 0 radical (unpaired) electrons. The van der Waals surface area contributed by atoms with Crippen LogP contribution in [0.1, 0.15) is 17.0 Å². The molecule has 2 N–H and O–H groups in total. The van der Waals surface area contributed by atoms with Gasteiger partial charge in [-0.15, -0.1) is 0 Å². The van der Waals surface area contributed by atoms with Gasteiger partial charge in [-0.25, -0.2) is 4.98 Å². The second kappa shape index (κ2) is 8.27. The highest BCUT2D eigenvalue weighted by Gasteiger charge is 2.47. The van der Waals surface area contributed by atoms with Gasteiger partial charge in [-0.05, 0) is 29.3 Å². The Kier molecular flexibility index (Phi) is 5.67. The minimum Gasteiger partial charge on any atom is -0.384 e. The summed E-state index contributed by atoms with van der Waals surface area (Å²) in [7, 11) is 0. The maximum Gasteiger partial charge on any atom is 0.299 e. The average molecular weight is 478 g/mol. The van der Waals surface area contributed by atoms with Gasteiger partial charge in [-0.1, -0.05) is 46.9 Å². The Morgan fingerprint density at radius 1 is 1.26 bits per heavy atom. The summed E-state index contributed by atoms with van der Waals surface area (Å²) >= 11 is 18.2. The molecule has 158 valence electrons. The van der Waals surface area contributed by atoms with Crippen molar-refractivity contribution >= 4 is 34.8 Å². The molecule has 8 nitrogen and oxygen atoms in total. The molecular weight excluding hydrogens is 463 g/mol. The van der Waals surface area contributed by atoms with E-state index in [9.17, 15) is 15.4 Å². The van der Waals surface area contributed by atoms with E-state index >= 15 is 0 Å². The molecule has 2 aliphatic rings. The van der Waals surface area contributed by atoms with Crippen LogP contribution in [0.3, 0.4) is 0 Å². The first-order chi connectivity index (χ1) is 14.8. The number of rotatable bonds is 4. The van der Waals surface area contributed by atoms with Gasteiger partial charge < -0.3 is 15.5 Å². The summed E-state index contributed by atoms with van der Waals surface area (Å²) in [5, 5.41) is 23.1. The number of nitriles is 1. The van der Waals surface area contributed by atoms with E-state index in [1.165, 1.54) is 6.07 Å². The number of aromatic nitrogens is 1. The fourth-order valence-corrected chi connectivity index (χ4v) is 4.55. The van der Waals surface area contributed by atoms with Crippen LogP contribution < -0.4 is 5.73 Å². The summed E-state index contributed by atoms with van der Waals surface area (Å²) in [5.74, 6) is -0.511. The lowest BCUT2D eigenvalue weighted by Gasteiger charge is -2.32. The number of pyridine rings is 1. The van der Waals surface area contributed by atoms with E-state index in [1.54, 1.807) is 35.4 Å². The van der Waals surface area contributed by atoms with Crippen LogP contribution in [0, 0.1) is 21.4 Å². The number of nitrogens with zero attached hydrogens (tertiary/aromatic N) is 5. The Hall–Kier alpha value is -2.99. The van der Waals surface area contributed by atoms with E-state index < -0.39 is 10.8 Å². The highest BCUT2D eigenvalue weighted by atomic mass is 35.5. The predicted molar refractivity (Wildman–Crippen MR) is 116 cm³/mol. The minimum atomic E-state index is -1.03. The molecule has 1 atom stereocenters. The minimum absolute atomic E-state index is 0.0784. The number of nitro groups is 1. The molecule has 31 heavy (non-hydrogen) atoms. The molecule has 1 fully saturated rings. The Labute approximate surface area is 192 Å². The fraction of sp³-hybridized carbons (Fsp3) is 0.200. The largest absolute Gasteiger partial charge is 0.384 e. The molecule has 1 aromatic heterocycles. The van der Waals surface area contributed by atoms with Gasteiger partial charge in [0.2, 0.25) is 0 Å². The SMILES string of the molecule is N#CC1=C(N)N2CCN(Cc3ccc(Cl)nc3)C2=C([N+](=O)[O-])C1c1ccc(Cl)cc1Cl. The van der Waals surface area contributed by atoms with Crippen molar-refractivity contribution in [2.24, 2.45) is 5.73 Å². The van der Waals surface area contributed by atoms with Crippen molar-refractivity contribution < 1.29 is 4.92 Å². The second-order valence-corrected chi connectivity index (χ2v) is 8.27. The van der Waals surface area contributed by atoms with Gasteiger partial charge in [0.05, 0.1) is 16.6 Å². The van der Waals surface area contributed by atoms with Gasteiger partial charge in [0.15, 0.2) is 5.82 Å². The summed E-state index contributed by atoms with van der Waals surface area (Å²) in [4.78, 5) is 19.4. The van der Waals surface area contributed by atoms with Gasteiger partial charge in [0.25, 0.3) is 5.70 Å². The first kappa shape index (κ1) is 21.2. The lowest BCUT2D eigenvalue weighted by molar-refractivity contribution is -0.432. The Morgan fingerprint density at radius 3 is 2.65 bits per heavy atom. The van der Waals surface area contributed by atoms with E-state index in [0.717, 1.165) is 5.56 Å². The number of nitrogens with two attached hydrogens (primary N) is 1. The molecule has 0 saturated carbocycles. The summed E-state index contributed by atoms with van der Waals surface area (Å²) in [5.41, 5.74) is 7.46. The van der Waals surface area contributed by atoms with E-state index in [-0.39, 0.29) is 22.1 Å². The predicted octanol–water partition coefficient (Wildman–Crippen LogP) is 4.10. The average Bonchev–Trinajstić information content (AvgIpc) is 3.13. The molecule has 3 heterocycles. The zero-order valence-electron chi connectivity index (χ0n) is 15.9. The van der Waals surface area contributed by atoms with Crippen LogP contribution in [-0.2, 0) is 6.54 Å². The van der Waals surface area contributed by atoms with Gasteiger partial charge in [-0.3, -0.25) is 10.1 Å². The van der Waals surface area contributed by atoms with Crippen molar-refractivity contribution in [2.75, 3.05) is 13.1 Å². The van der Waals surface area contributed by atoms with Crippen LogP contribution in [0.4, 0.5) is 0 Å². The van der Waals surface area contributed by atoms with Crippen molar-refractivity contribution in [3.8, 4) is 6.07 Å². The van der Waals surface area contributed by atoms with E-state index in [0.29, 0.717) is 41.2 Å². The zero-order chi connectivity index (χ0) is 22.3. The first-order valence-corrected chi connectivity index (χ1v) is 10.3. The molecule has 1 saturated heterocycles. The zero-order valence-corrected chi connectivity index (χ0v) is 18.2. The number of halogens is 3. The van der Waals surface area contributed by atoms with Crippen LogP contribution in [0.5, 0.6) is 0 Å². The molecule has 0 aliphatic carbocycles. The van der Waals surface area contributed by atoms with Crippen LogP contribution in [0.15, 0.2) is 59.4 Å². The van der Waals surface area contributed by atoms with Gasteiger partial charge in [0, 0.05) is 35.9 Å². The third kappa shape index (κ3) is 3.76. The lowest BCUT2D eigenvalue weighted by atomic mass is 9.86. The van der Waals surface area contributed by atoms with Crippen LogP contribution in [-0.4, -0.2) is 32.8 Å². The second-order valence-electron chi connectivity index (χ2n) is 7.04. The third-order valence-corrected chi connectivity index (χ3v) is 6.05. The van der Waals surface area contributed by atoms with Gasteiger partial charge in [-0.2, -0.15) is 5.26 Å². The van der Waals surface area contributed by atoms with E-state index in [1.807, 2.05) is 4.90 Å². The highest BCUT2D eigenvalue weighted by molar-refractivity contribution is 6.35. The highest BCUT2D eigenvalue weighted by Crippen LogP contribution is 2.45. The Morgan fingerprint density at radius 2 is 2.03 bits per heavy atom. The summed E-state index contributed by atoms with van der Waals surface area (Å²) in [6, 6.07) is 10.2. The van der Waals surface area contributed by atoms with Crippen molar-refractivity contribution in [3.05, 3.63) is 95.9 Å². The lowest BCUT2D eigenvalue weighted by Crippen LogP contribution is -2.37. The summed E-state index contributed by atoms with van der Waals surface area (Å²) in [6.45, 7) is 1.26. The van der Waals surface area contributed by atoms with E-state index in [2.05, 4.69) is 11.1 Å². The Bertz CT molecular complexity index is 1170. The molecule has 2 aliphatic heterocycles. The summed E-state index contributed by atoms with van der Waals surface area (Å²) < 4.78 is 0. The molecule has 0 spiro atoms. The number of hydrogen-bond acceptors (Lipinski definition) is 7. The molecular formula is C20H15Cl3N6O2. The molecule has 0 bridgehead atoms. The molecule has 1 aromatic carbocycles.